The highest BCUT2D eigenvalue weighted by Gasteiger charge is 2.11. The van der Waals surface area contributed by atoms with E-state index in [-0.39, 0.29) is 5.78 Å². The fraction of sp³-hybridized carbons (Fsp3) is 0.333. The van der Waals surface area contributed by atoms with Gasteiger partial charge in [0.1, 0.15) is 16.2 Å². The highest BCUT2D eigenvalue weighted by Crippen LogP contribution is 2.27. The van der Waals surface area contributed by atoms with Gasteiger partial charge in [0, 0.05) is 12.6 Å². The summed E-state index contributed by atoms with van der Waals surface area (Å²) in [6, 6.07) is 0. The Morgan fingerprint density at radius 1 is 1.71 bits per heavy atom. The van der Waals surface area contributed by atoms with Gasteiger partial charge in [-0.3, -0.25) is 9.20 Å². The van der Waals surface area contributed by atoms with Crippen LogP contribution in [0.25, 0.3) is 4.83 Å². The quantitative estimate of drug-likeness (QED) is 0.596. The molecule has 0 aliphatic rings. The van der Waals surface area contributed by atoms with Gasteiger partial charge >= 0.3 is 0 Å². The van der Waals surface area contributed by atoms with Crippen molar-refractivity contribution in [2.75, 3.05) is 6.26 Å². The third-order valence-corrected chi connectivity index (χ3v) is 3.93. The molecular weight excluding hydrogens is 216 g/mol. The predicted octanol–water partition coefficient (Wildman–Crippen LogP) is 2.71. The predicted molar refractivity (Wildman–Crippen MR) is 59.5 cm³/mol. The smallest absolute Gasteiger partial charge is 0.174 e. The third-order valence-electron chi connectivity index (χ3n) is 1.97. The lowest BCUT2D eigenvalue weighted by Crippen LogP contribution is -1.91. The van der Waals surface area contributed by atoms with Crippen molar-refractivity contribution >= 4 is 33.7 Å². The molecule has 2 heterocycles. The molecule has 0 unspecified atom stereocenters. The van der Waals surface area contributed by atoms with Crippen LogP contribution in [-0.4, -0.2) is 21.4 Å². The van der Waals surface area contributed by atoms with Crippen molar-refractivity contribution in [3.8, 4) is 0 Å². The maximum atomic E-state index is 11.5. The molecule has 74 valence electrons. The van der Waals surface area contributed by atoms with Gasteiger partial charge in [0.15, 0.2) is 5.78 Å². The SMILES string of the molecule is CCC(=O)c1cn2cnc(SC)c2s1. The average Bonchev–Trinajstić information content (AvgIpc) is 2.74. The molecule has 2 rings (SSSR count). The van der Waals surface area contributed by atoms with E-state index in [1.807, 2.05) is 23.8 Å². The minimum Gasteiger partial charge on any atom is -0.295 e. The first kappa shape index (κ1) is 9.73. The third kappa shape index (κ3) is 1.46. The Kier molecular flexibility index (Phi) is 2.60. The lowest BCUT2D eigenvalue weighted by molar-refractivity contribution is 0.0992. The Morgan fingerprint density at radius 2 is 2.50 bits per heavy atom. The van der Waals surface area contributed by atoms with Crippen LogP contribution in [0.2, 0.25) is 0 Å². The number of thioether (sulfide) groups is 1. The van der Waals surface area contributed by atoms with Crippen LogP contribution in [0, 0.1) is 0 Å². The molecule has 3 nitrogen and oxygen atoms in total. The van der Waals surface area contributed by atoms with Crippen LogP contribution in [0.3, 0.4) is 0 Å². The zero-order chi connectivity index (χ0) is 10.1. The molecule has 0 saturated heterocycles. The number of carbonyl (C=O) groups is 1. The van der Waals surface area contributed by atoms with Crippen molar-refractivity contribution < 1.29 is 4.79 Å². The summed E-state index contributed by atoms with van der Waals surface area (Å²) < 4.78 is 1.92. The van der Waals surface area contributed by atoms with E-state index < -0.39 is 0 Å². The van der Waals surface area contributed by atoms with Crippen LogP contribution >= 0.6 is 23.1 Å². The Hall–Kier alpha value is -0.810. The summed E-state index contributed by atoms with van der Waals surface area (Å²) in [4.78, 5) is 17.6. The number of hydrogen-bond acceptors (Lipinski definition) is 4. The van der Waals surface area contributed by atoms with E-state index in [0.717, 1.165) is 14.7 Å². The molecule has 0 saturated carbocycles. The number of hydrogen-bond donors (Lipinski definition) is 0. The zero-order valence-corrected chi connectivity index (χ0v) is 9.61. The van der Waals surface area contributed by atoms with Gasteiger partial charge in [-0.1, -0.05) is 6.92 Å². The molecule has 0 amide bonds. The summed E-state index contributed by atoms with van der Waals surface area (Å²) in [5, 5.41) is 0.991. The van der Waals surface area contributed by atoms with Gasteiger partial charge in [0.2, 0.25) is 0 Å². The van der Waals surface area contributed by atoms with E-state index in [0.29, 0.717) is 6.42 Å². The first-order valence-corrected chi connectivity index (χ1v) is 6.34. The standard InChI is InChI=1S/C9H10N2OS2/c1-3-6(12)7-4-11-5-10-8(13-2)9(11)14-7/h4-5H,3H2,1-2H3. The highest BCUT2D eigenvalue weighted by atomic mass is 32.2. The van der Waals surface area contributed by atoms with Crippen LogP contribution in [0.5, 0.6) is 0 Å². The summed E-state index contributed by atoms with van der Waals surface area (Å²) in [6.45, 7) is 1.88. The van der Waals surface area contributed by atoms with Gasteiger partial charge in [0.05, 0.1) is 4.88 Å². The second-order valence-corrected chi connectivity index (χ2v) is 4.66. The normalized spacial score (nSPS) is 11.0. The number of rotatable bonds is 3. The molecule has 2 aromatic rings. The topological polar surface area (TPSA) is 34.4 Å². The molecule has 2 aromatic heterocycles. The molecule has 14 heavy (non-hydrogen) atoms. The largest absolute Gasteiger partial charge is 0.295 e. The number of Topliss-reactive ketones (excluding diaryl/α,β-unsaturated/α-hetero) is 1. The maximum Gasteiger partial charge on any atom is 0.174 e. The number of ketones is 1. The van der Waals surface area contributed by atoms with Crippen molar-refractivity contribution in [2.45, 2.75) is 18.4 Å². The fourth-order valence-corrected chi connectivity index (χ4v) is 3.01. The molecule has 0 atom stereocenters. The van der Waals surface area contributed by atoms with Crippen molar-refractivity contribution in [1.82, 2.24) is 9.38 Å². The Morgan fingerprint density at radius 3 is 3.14 bits per heavy atom. The molecule has 0 bridgehead atoms. The van der Waals surface area contributed by atoms with E-state index in [9.17, 15) is 4.79 Å². The molecule has 0 N–H and O–H groups in total. The first-order valence-electron chi connectivity index (χ1n) is 4.30. The number of thiazole rings is 1. The van der Waals surface area contributed by atoms with Crippen molar-refractivity contribution in [3.63, 3.8) is 0 Å². The van der Waals surface area contributed by atoms with Gasteiger partial charge in [-0.15, -0.1) is 23.1 Å². The van der Waals surface area contributed by atoms with Crippen molar-refractivity contribution in [2.24, 2.45) is 0 Å². The van der Waals surface area contributed by atoms with Crippen LogP contribution in [0.15, 0.2) is 17.6 Å². The number of nitrogens with zero attached hydrogens (tertiary/aromatic N) is 2. The van der Waals surface area contributed by atoms with E-state index in [4.69, 9.17) is 0 Å². The average molecular weight is 226 g/mol. The van der Waals surface area contributed by atoms with Gasteiger partial charge in [-0.25, -0.2) is 4.98 Å². The monoisotopic (exact) mass is 226 g/mol. The van der Waals surface area contributed by atoms with Crippen LogP contribution in [0.1, 0.15) is 23.0 Å². The van der Waals surface area contributed by atoms with Gasteiger partial charge in [-0.05, 0) is 6.26 Å². The van der Waals surface area contributed by atoms with Crippen LogP contribution in [0.4, 0.5) is 0 Å². The second-order valence-electron chi connectivity index (χ2n) is 2.84. The zero-order valence-electron chi connectivity index (χ0n) is 7.98. The van der Waals surface area contributed by atoms with E-state index in [1.54, 1.807) is 18.1 Å². The van der Waals surface area contributed by atoms with Crippen molar-refractivity contribution in [3.05, 3.63) is 17.4 Å². The Bertz CT molecular complexity index is 472. The summed E-state index contributed by atoms with van der Waals surface area (Å²) >= 11 is 3.12. The van der Waals surface area contributed by atoms with E-state index in [2.05, 4.69) is 4.98 Å². The Balaban J connectivity index is 2.52. The lowest BCUT2D eigenvalue weighted by atomic mass is 10.3. The number of fused-ring (bicyclic) bond motifs is 1. The molecule has 0 aliphatic heterocycles. The molecule has 5 heteroatoms. The molecule has 0 fully saturated rings. The second kappa shape index (κ2) is 3.74. The molecule has 0 aromatic carbocycles. The van der Waals surface area contributed by atoms with Gasteiger partial charge in [-0.2, -0.15) is 0 Å². The molecule has 0 spiro atoms. The number of carbonyl (C=O) groups excluding carboxylic acids is 1. The molecular formula is C9H10N2OS2. The molecule has 0 aliphatic carbocycles. The van der Waals surface area contributed by atoms with Crippen molar-refractivity contribution in [1.29, 1.82) is 0 Å². The fourth-order valence-electron chi connectivity index (χ4n) is 1.22. The first-order chi connectivity index (χ1) is 6.76. The van der Waals surface area contributed by atoms with Crippen LogP contribution in [-0.2, 0) is 0 Å². The molecule has 0 radical (unpaired) electrons. The van der Waals surface area contributed by atoms with Gasteiger partial charge in [0.25, 0.3) is 0 Å². The van der Waals surface area contributed by atoms with Gasteiger partial charge < -0.3 is 0 Å². The summed E-state index contributed by atoms with van der Waals surface area (Å²) in [6.07, 6.45) is 6.16. The minimum atomic E-state index is 0.200. The highest BCUT2D eigenvalue weighted by molar-refractivity contribution is 7.98. The summed E-state index contributed by atoms with van der Waals surface area (Å²) in [5.74, 6) is 0.200. The number of aromatic nitrogens is 2. The Labute approximate surface area is 90.2 Å². The minimum absolute atomic E-state index is 0.200. The summed E-state index contributed by atoms with van der Waals surface area (Å²) in [5.41, 5.74) is 0. The number of imidazole rings is 1. The maximum absolute atomic E-state index is 11.5. The van der Waals surface area contributed by atoms with E-state index in [1.165, 1.54) is 11.3 Å². The summed E-state index contributed by atoms with van der Waals surface area (Å²) in [7, 11) is 0. The lowest BCUT2D eigenvalue weighted by Gasteiger charge is -1.87. The van der Waals surface area contributed by atoms with Crippen LogP contribution < -0.4 is 0 Å². The van der Waals surface area contributed by atoms with E-state index >= 15 is 0 Å².